The normalized spacial score (nSPS) is 13.4. The molecular weight excluding hydrogens is 256 g/mol. The summed E-state index contributed by atoms with van der Waals surface area (Å²) in [5, 5.41) is 0. The number of fused-ring (bicyclic) bond motifs is 1. The summed E-state index contributed by atoms with van der Waals surface area (Å²) in [6.45, 7) is 2.26. The Morgan fingerprint density at radius 2 is 1.76 bits per heavy atom. The smallest absolute Gasteiger partial charge is 0.118 e. The lowest BCUT2D eigenvalue weighted by atomic mass is 9.96. The Balaban J connectivity index is 2.00. The number of rotatable bonds is 5. The lowest BCUT2D eigenvalue weighted by Gasteiger charge is -2.09. The molecular formula is C20H22O. The Morgan fingerprint density at radius 3 is 2.48 bits per heavy atom. The molecule has 0 radical (unpaired) electrons. The van der Waals surface area contributed by atoms with Crippen LogP contribution in [0, 0.1) is 0 Å². The SMILES string of the molecule is CCCCC1=C(c2ccc(OC)cc2)Cc2ccccc21. The molecule has 2 aromatic carbocycles. The third-order valence-electron chi connectivity index (χ3n) is 4.29. The first-order valence-corrected chi connectivity index (χ1v) is 7.78. The fraction of sp³-hybridized carbons (Fsp3) is 0.300. The van der Waals surface area contributed by atoms with Gasteiger partial charge in [-0.1, -0.05) is 49.7 Å². The van der Waals surface area contributed by atoms with E-state index in [0.29, 0.717) is 0 Å². The molecule has 0 saturated carbocycles. The number of allylic oxidation sites excluding steroid dienone is 2. The van der Waals surface area contributed by atoms with Gasteiger partial charge in [-0.3, -0.25) is 0 Å². The van der Waals surface area contributed by atoms with Crippen molar-refractivity contribution >= 4 is 11.1 Å². The molecule has 0 spiro atoms. The van der Waals surface area contributed by atoms with Gasteiger partial charge in [-0.25, -0.2) is 0 Å². The highest BCUT2D eigenvalue weighted by Gasteiger charge is 2.21. The highest BCUT2D eigenvalue weighted by atomic mass is 16.5. The quantitative estimate of drug-likeness (QED) is 0.716. The molecule has 1 heteroatoms. The Labute approximate surface area is 127 Å². The predicted octanol–water partition coefficient (Wildman–Crippen LogP) is 5.35. The molecule has 0 fully saturated rings. The van der Waals surface area contributed by atoms with Gasteiger partial charge in [0.25, 0.3) is 0 Å². The first-order valence-electron chi connectivity index (χ1n) is 7.78. The molecule has 0 N–H and O–H groups in total. The lowest BCUT2D eigenvalue weighted by molar-refractivity contribution is 0.415. The van der Waals surface area contributed by atoms with Crippen LogP contribution in [-0.4, -0.2) is 7.11 Å². The molecule has 0 aliphatic heterocycles. The largest absolute Gasteiger partial charge is 0.497 e. The van der Waals surface area contributed by atoms with Crippen LogP contribution in [0.3, 0.4) is 0 Å². The average Bonchev–Trinajstić information content (AvgIpc) is 2.91. The molecule has 0 atom stereocenters. The second kappa shape index (κ2) is 6.17. The zero-order chi connectivity index (χ0) is 14.7. The van der Waals surface area contributed by atoms with Crippen LogP contribution < -0.4 is 4.74 Å². The fourth-order valence-corrected chi connectivity index (χ4v) is 3.14. The second-order valence-electron chi connectivity index (χ2n) is 5.62. The summed E-state index contributed by atoms with van der Waals surface area (Å²) in [4.78, 5) is 0. The van der Waals surface area contributed by atoms with Crippen molar-refractivity contribution in [3.05, 3.63) is 65.2 Å². The summed E-state index contributed by atoms with van der Waals surface area (Å²) in [6, 6.07) is 17.3. The van der Waals surface area contributed by atoms with Crippen LogP contribution in [0.5, 0.6) is 5.75 Å². The first-order chi connectivity index (χ1) is 10.3. The fourth-order valence-electron chi connectivity index (χ4n) is 3.14. The van der Waals surface area contributed by atoms with Crippen LogP contribution in [-0.2, 0) is 6.42 Å². The monoisotopic (exact) mass is 278 g/mol. The van der Waals surface area contributed by atoms with Crippen molar-refractivity contribution in [1.29, 1.82) is 0 Å². The van der Waals surface area contributed by atoms with E-state index in [9.17, 15) is 0 Å². The van der Waals surface area contributed by atoms with Gasteiger partial charge in [0.2, 0.25) is 0 Å². The van der Waals surface area contributed by atoms with Crippen LogP contribution in [0.2, 0.25) is 0 Å². The highest BCUT2D eigenvalue weighted by Crippen LogP contribution is 2.41. The van der Waals surface area contributed by atoms with Gasteiger partial charge < -0.3 is 4.74 Å². The van der Waals surface area contributed by atoms with E-state index in [1.165, 1.54) is 47.1 Å². The number of unbranched alkanes of at least 4 members (excludes halogenated alkanes) is 1. The van der Waals surface area contributed by atoms with Crippen LogP contribution >= 0.6 is 0 Å². The maximum absolute atomic E-state index is 5.27. The molecule has 1 nitrogen and oxygen atoms in total. The minimum atomic E-state index is 0.921. The third-order valence-corrected chi connectivity index (χ3v) is 4.29. The number of ether oxygens (including phenoxy) is 1. The van der Waals surface area contributed by atoms with Crippen molar-refractivity contribution in [1.82, 2.24) is 0 Å². The van der Waals surface area contributed by atoms with Crippen molar-refractivity contribution in [2.45, 2.75) is 32.6 Å². The molecule has 1 aliphatic rings. The highest BCUT2D eigenvalue weighted by molar-refractivity contribution is 5.97. The zero-order valence-corrected chi connectivity index (χ0v) is 12.9. The Bertz CT molecular complexity index is 650. The van der Waals surface area contributed by atoms with E-state index in [4.69, 9.17) is 4.74 Å². The number of methoxy groups -OCH3 is 1. The summed E-state index contributed by atoms with van der Waals surface area (Å²) < 4.78 is 5.27. The van der Waals surface area contributed by atoms with Gasteiger partial charge in [-0.2, -0.15) is 0 Å². The number of hydrogen-bond donors (Lipinski definition) is 0. The van der Waals surface area contributed by atoms with Crippen molar-refractivity contribution in [2.75, 3.05) is 7.11 Å². The topological polar surface area (TPSA) is 9.23 Å². The van der Waals surface area contributed by atoms with Gasteiger partial charge in [0.05, 0.1) is 7.11 Å². The molecule has 3 rings (SSSR count). The zero-order valence-electron chi connectivity index (χ0n) is 12.9. The average molecular weight is 278 g/mol. The van der Waals surface area contributed by atoms with Gasteiger partial charge in [0, 0.05) is 0 Å². The number of hydrogen-bond acceptors (Lipinski definition) is 1. The lowest BCUT2D eigenvalue weighted by Crippen LogP contribution is -1.89. The van der Waals surface area contributed by atoms with Gasteiger partial charge >= 0.3 is 0 Å². The van der Waals surface area contributed by atoms with E-state index in [-0.39, 0.29) is 0 Å². The Kier molecular flexibility index (Phi) is 4.10. The van der Waals surface area contributed by atoms with Crippen molar-refractivity contribution < 1.29 is 4.74 Å². The molecule has 0 amide bonds. The first kappa shape index (κ1) is 13.9. The van der Waals surface area contributed by atoms with Crippen LogP contribution in [0.4, 0.5) is 0 Å². The van der Waals surface area contributed by atoms with Crippen LogP contribution in [0.25, 0.3) is 11.1 Å². The molecule has 0 bridgehead atoms. The van der Waals surface area contributed by atoms with Crippen molar-refractivity contribution in [3.63, 3.8) is 0 Å². The third kappa shape index (κ3) is 2.73. The van der Waals surface area contributed by atoms with E-state index in [2.05, 4.69) is 55.5 Å². The van der Waals surface area contributed by atoms with Crippen LogP contribution in [0.1, 0.15) is 42.9 Å². The Hall–Kier alpha value is -2.02. The summed E-state index contributed by atoms with van der Waals surface area (Å²) >= 11 is 0. The standard InChI is InChI=1S/C20H22O/c1-3-4-8-19-18-9-6-5-7-16(18)14-20(19)15-10-12-17(21-2)13-11-15/h5-7,9-13H,3-4,8,14H2,1-2H3. The Morgan fingerprint density at radius 1 is 1.00 bits per heavy atom. The minimum Gasteiger partial charge on any atom is -0.497 e. The van der Waals surface area contributed by atoms with Gasteiger partial charge in [0.15, 0.2) is 0 Å². The van der Waals surface area contributed by atoms with E-state index in [1.807, 2.05) is 0 Å². The molecule has 108 valence electrons. The second-order valence-corrected chi connectivity index (χ2v) is 5.62. The minimum absolute atomic E-state index is 0.921. The van der Waals surface area contributed by atoms with E-state index >= 15 is 0 Å². The maximum Gasteiger partial charge on any atom is 0.118 e. The molecule has 2 aromatic rings. The van der Waals surface area contributed by atoms with Crippen molar-refractivity contribution in [2.24, 2.45) is 0 Å². The maximum atomic E-state index is 5.27. The van der Waals surface area contributed by atoms with E-state index < -0.39 is 0 Å². The molecule has 0 unspecified atom stereocenters. The summed E-state index contributed by atoms with van der Waals surface area (Å²) in [5.74, 6) is 0.921. The molecule has 1 aliphatic carbocycles. The number of benzene rings is 2. The molecule has 0 heterocycles. The summed E-state index contributed by atoms with van der Waals surface area (Å²) in [7, 11) is 1.71. The molecule has 21 heavy (non-hydrogen) atoms. The van der Waals surface area contributed by atoms with Gasteiger partial charge in [-0.05, 0) is 59.2 Å². The summed E-state index contributed by atoms with van der Waals surface area (Å²) in [5.41, 5.74) is 7.29. The summed E-state index contributed by atoms with van der Waals surface area (Å²) in [6.07, 6.45) is 4.72. The van der Waals surface area contributed by atoms with Crippen molar-refractivity contribution in [3.8, 4) is 5.75 Å². The van der Waals surface area contributed by atoms with Crippen LogP contribution in [0.15, 0.2) is 48.5 Å². The van der Waals surface area contributed by atoms with E-state index in [1.54, 1.807) is 7.11 Å². The molecule has 0 saturated heterocycles. The molecule has 0 aromatic heterocycles. The van der Waals surface area contributed by atoms with Gasteiger partial charge in [-0.15, -0.1) is 0 Å². The van der Waals surface area contributed by atoms with E-state index in [0.717, 1.165) is 12.2 Å². The predicted molar refractivity (Wildman–Crippen MR) is 89.5 cm³/mol. The van der Waals surface area contributed by atoms with Gasteiger partial charge in [0.1, 0.15) is 5.75 Å².